The van der Waals surface area contributed by atoms with Crippen molar-refractivity contribution in [3.05, 3.63) is 18.2 Å². The molecule has 0 aliphatic rings. The summed E-state index contributed by atoms with van der Waals surface area (Å²) in [7, 11) is -3.24. The number of para-hydroxylation sites is 1. The van der Waals surface area contributed by atoms with Crippen molar-refractivity contribution in [2.24, 2.45) is 5.92 Å². The van der Waals surface area contributed by atoms with E-state index in [9.17, 15) is 8.42 Å². The molecule has 96 valence electrons. The molecule has 0 aliphatic heterocycles. The maximum Gasteiger partial charge on any atom is 0.177 e. The average Bonchev–Trinajstić information content (AvgIpc) is 2.18. The summed E-state index contributed by atoms with van der Waals surface area (Å²) in [6, 6.07) is 5.16. The van der Waals surface area contributed by atoms with Crippen LogP contribution in [0.15, 0.2) is 28.0 Å². The van der Waals surface area contributed by atoms with Gasteiger partial charge in [0.1, 0.15) is 0 Å². The lowest BCUT2D eigenvalue weighted by molar-refractivity contribution is 0.602. The Morgan fingerprint density at radius 3 is 2.53 bits per heavy atom. The van der Waals surface area contributed by atoms with Crippen molar-refractivity contribution in [1.82, 2.24) is 0 Å². The Morgan fingerprint density at radius 1 is 1.35 bits per heavy atom. The summed E-state index contributed by atoms with van der Waals surface area (Å²) in [5.41, 5.74) is 6.26. The molecule has 0 aromatic heterocycles. The zero-order valence-corrected chi connectivity index (χ0v) is 12.1. The first-order valence-electron chi connectivity index (χ1n) is 5.53. The molecule has 0 saturated carbocycles. The van der Waals surface area contributed by atoms with Gasteiger partial charge >= 0.3 is 0 Å². The summed E-state index contributed by atoms with van der Waals surface area (Å²) < 4.78 is 23.0. The van der Waals surface area contributed by atoms with Crippen LogP contribution in [-0.4, -0.2) is 20.4 Å². The van der Waals surface area contributed by atoms with E-state index in [-0.39, 0.29) is 4.90 Å². The van der Waals surface area contributed by atoms with Crippen LogP contribution in [-0.2, 0) is 9.84 Å². The van der Waals surface area contributed by atoms with E-state index in [0.717, 1.165) is 17.1 Å². The first-order valence-corrected chi connectivity index (χ1v) is 8.41. The number of nitrogens with two attached hydrogens (primary N) is 1. The van der Waals surface area contributed by atoms with Crippen LogP contribution in [0.2, 0.25) is 0 Å². The fourth-order valence-electron chi connectivity index (χ4n) is 1.38. The van der Waals surface area contributed by atoms with Gasteiger partial charge in [-0.15, -0.1) is 11.8 Å². The zero-order chi connectivity index (χ0) is 13.1. The number of rotatable bonds is 5. The predicted molar refractivity (Wildman–Crippen MR) is 74.1 cm³/mol. The molecule has 0 fully saturated rings. The molecule has 0 atom stereocenters. The minimum atomic E-state index is -3.24. The van der Waals surface area contributed by atoms with Gasteiger partial charge in [-0.1, -0.05) is 19.9 Å². The largest absolute Gasteiger partial charge is 0.397 e. The quantitative estimate of drug-likeness (QED) is 0.662. The monoisotopic (exact) mass is 273 g/mol. The highest BCUT2D eigenvalue weighted by Crippen LogP contribution is 2.31. The molecule has 0 unspecified atom stereocenters. The molecule has 0 radical (unpaired) electrons. The SMILES string of the molecule is CC(C)CCSc1cccc(S(C)(=O)=O)c1N. The van der Waals surface area contributed by atoms with Crippen LogP contribution < -0.4 is 5.73 Å². The molecule has 0 spiro atoms. The number of hydrogen-bond acceptors (Lipinski definition) is 4. The Morgan fingerprint density at radius 2 is 2.00 bits per heavy atom. The van der Waals surface area contributed by atoms with Gasteiger partial charge in [-0.3, -0.25) is 0 Å². The third-order valence-corrected chi connectivity index (χ3v) is 4.64. The Kier molecular flexibility index (Phi) is 4.89. The van der Waals surface area contributed by atoms with Gasteiger partial charge in [0.2, 0.25) is 0 Å². The van der Waals surface area contributed by atoms with Crippen molar-refractivity contribution in [3.63, 3.8) is 0 Å². The molecular formula is C12H19NO2S2. The number of sulfone groups is 1. The van der Waals surface area contributed by atoms with Crippen LogP contribution in [0.5, 0.6) is 0 Å². The topological polar surface area (TPSA) is 60.2 Å². The Bertz CT molecular complexity index is 481. The molecular weight excluding hydrogens is 254 g/mol. The van der Waals surface area contributed by atoms with E-state index in [1.807, 2.05) is 6.07 Å². The smallest absolute Gasteiger partial charge is 0.177 e. The minimum absolute atomic E-state index is 0.229. The minimum Gasteiger partial charge on any atom is -0.397 e. The van der Waals surface area contributed by atoms with Crippen LogP contribution in [0.1, 0.15) is 20.3 Å². The maximum absolute atomic E-state index is 11.5. The van der Waals surface area contributed by atoms with Gasteiger partial charge in [0.05, 0.1) is 10.6 Å². The second-order valence-corrected chi connectivity index (χ2v) is 7.59. The molecule has 3 nitrogen and oxygen atoms in total. The van der Waals surface area contributed by atoms with Gasteiger partial charge < -0.3 is 5.73 Å². The number of anilines is 1. The van der Waals surface area contributed by atoms with Crippen molar-refractivity contribution in [2.75, 3.05) is 17.7 Å². The average molecular weight is 273 g/mol. The zero-order valence-electron chi connectivity index (χ0n) is 10.4. The number of nitrogen functional groups attached to an aromatic ring is 1. The van der Waals surface area contributed by atoms with Gasteiger partial charge in [-0.2, -0.15) is 0 Å². The Balaban J connectivity index is 2.88. The number of thioether (sulfide) groups is 1. The van der Waals surface area contributed by atoms with E-state index in [2.05, 4.69) is 13.8 Å². The van der Waals surface area contributed by atoms with E-state index in [0.29, 0.717) is 11.6 Å². The molecule has 0 saturated heterocycles. The normalized spacial score (nSPS) is 12.0. The molecule has 1 rings (SSSR count). The molecule has 0 amide bonds. The van der Waals surface area contributed by atoms with Gasteiger partial charge in [-0.05, 0) is 30.2 Å². The standard InChI is InChI=1S/C12H19NO2S2/c1-9(2)7-8-16-10-5-4-6-11(12(10)13)17(3,14)15/h4-6,9H,7-8,13H2,1-3H3. The highest BCUT2D eigenvalue weighted by Gasteiger charge is 2.14. The molecule has 0 heterocycles. The van der Waals surface area contributed by atoms with Gasteiger partial charge in [0.25, 0.3) is 0 Å². The highest BCUT2D eigenvalue weighted by molar-refractivity contribution is 7.99. The third-order valence-electron chi connectivity index (χ3n) is 2.38. The molecule has 0 aliphatic carbocycles. The first-order chi connectivity index (χ1) is 7.82. The van der Waals surface area contributed by atoms with Gasteiger partial charge in [0.15, 0.2) is 9.84 Å². The summed E-state index contributed by atoms with van der Waals surface area (Å²) in [5, 5.41) is 0. The van der Waals surface area contributed by atoms with Gasteiger partial charge in [0, 0.05) is 11.2 Å². The molecule has 5 heteroatoms. The van der Waals surface area contributed by atoms with E-state index >= 15 is 0 Å². The Labute approximate surface area is 108 Å². The number of benzene rings is 1. The molecule has 1 aromatic carbocycles. The fraction of sp³-hybridized carbons (Fsp3) is 0.500. The summed E-state index contributed by atoms with van der Waals surface area (Å²) in [4.78, 5) is 1.08. The lowest BCUT2D eigenvalue weighted by atomic mass is 10.2. The molecule has 17 heavy (non-hydrogen) atoms. The van der Waals surface area contributed by atoms with Crippen molar-refractivity contribution in [1.29, 1.82) is 0 Å². The van der Waals surface area contributed by atoms with Crippen molar-refractivity contribution in [2.45, 2.75) is 30.1 Å². The second kappa shape index (κ2) is 5.78. The highest BCUT2D eigenvalue weighted by atomic mass is 32.2. The van der Waals surface area contributed by atoms with Crippen LogP contribution in [0.4, 0.5) is 5.69 Å². The first kappa shape index (κ1) is 14.4. The van der Waals surface area contributed by atoms with E-state index in [1.54, 1.807) is 23.9 Å². The van der Waals surface area contributed by atoms with Crippen LogP contribution >= 0.6 is 11.8 Å². The Hall–Kier alpha value is -0.680. The maximum atomic E-state index is 11.5. The third kappa shape index (κ3) is 4.24. The van der Waals surface area contributed by atoms with Crippen molar-refractivity contribution >= 4 is 27.3 Å². The second-order valence-electron chi connectivity index (χ2n) is 4.47. The summed E-state index contributed by atoms with van der Waals surface area (Å²) >= 11 is 1.62. The van der Waals surface area contributed by atoms with Crippen molar-refractivity contribution < 1.29 is 8.42 Å². The molecule has 0 bridgehead atoms. The summed E-state index contributed by atoms with van der Waals surface area (Å²) in [6.45, 7) is 4.33. The fourth-order valence-corrected chi connectivity index (χ4v) is 3.53. The predicted octanol–water partition coefficient (Wildman–Crippen LogP) is 2.81. The number of hydrogen-bond donors (Lipinski definition) is 1. The lowest BCUT2D eigenvalue weighted by Gasteiger charge is -2.10. The summed E-state index contributed by atoms with van der Waals surface area (Å²) in [6.07, 6.45) is 2.27. The molecule has 1 aromatic rings. The van der Waals surface area contributed by atoms with E-state index < -0.39 is 9.84 Å². The van der Waals surface area contributed by atoms with E-state index in [4.69, 9.17) is 5.73 Å². The van der Waals surface area contributed by atoms with Crippen LogP contribution in [0.3, 0.4) is 0 Å². The van der Waals surface area contributed by atoms with Crippen LogP contribution in [0, 0.1) is 5.92 Å². The van der Waals surface area contributed by atoms with E-state index in [1.165, 1.54) is 6.26 Å². The lowest BCUT2D eigenvalue weighted by Crippen LogP contribution is -2.03. The summed E-state index contributed by atoms with van der Waals surface area (Å²) in [5.74, 6) is 1.59. The molecule has 2 N–H and O–H groups in total. The van der Waals surface area contributed by atoms with Gasteiger partial charge in [-0.25, -0.2) is 8.42 Å². The van der Waals surface area contributed by atoms with Crippen molar-refractivity contribution in [3.8, 4) is 0 Å². The van der Waals surface area contributed by atoms with Crippen LogP contribution in [0.25, 0.3) is 0 Å².